The van der Waals surface area contributed by atoms with E-state index in [0.29, 0.717) is 45.2 Å². The van der Waals surface area contributed by atoms with E-state index < -0.39 is 11.7 Å². The Morgan fingerprint density at radius 3 is 2.58 bits per heavy atom. The molecule has 2 fully saturated rings. The third-order valence-electron chi connectivity index (χ3n) is 4.73. The summed E-state index contributed by atoms with van der Waals surface area (Å²) in [5, 5.41) is 3.05. The van der Waals surface area contributed by atoms with Gasteiger partial charge in [-0.3, -0.25) is 0 Å². The molecule has 1 aromatic heterocycles. The Bertz CT molecular complexity index is 593. The number of urea groups is 1. The Labute approximate surface area is 150 Å². The molecular weight excluding hydrogens is 349 g/mol. The Balaban J connectivity index is 1.48. The molecule has 0 aliphatic carbocycles. The van der Waals surface area contributed by atoms with Gasteiger partial charge in [-0.25, -0.2) is 9.78 Å². The molecule has 2 aliphatic rings. The van der Waals surface area contributed by atoms with Crippen LogP contribution in [0.1, 0.15) is 24.8 Å². The molecule has 1 N–H and O–H groups in total. The first-order valence-corrected chi connectivity index (χ1v) is 8.85. The summed E-state index contributed by atoms with van der Waals surface area (Å²) in [6.45, 7) is 3.83. The second-order valence-corrected chi connectivity index (χ2v) is 6.57. The molecule has 2 saturated heterocycles. The Morgan fingerprint density at radius 1 is 1.15 bits per heavy atom. The molecule has 3 rings (SSSR count). The molecule has 0 radical (unpaired) electrons. The molecule has 6 nitrogen and oxygen atoms in total. The highest BCUT2D eigenvalue weighted by atomic mass is 19.4. The largest absolute Gasteiger partial charge is 0.417 e. The normalized spacial score (nSPS) is 20.0. The fourth-order valence-electron chi connectivity index (χ4n) is 3.21. The van der Waals surface area contributed by atoms with Crippen LogP contribution in [-0.4, -0.2) is 61.3 Å². The van der Waals surface area contributed by atoms with E-state index in [1.807, 2.05) is 4.90 Å². The van der Waals surface area contributed by atoms with Crippen LogP contribution in [0.5, 0.6) is 0 Å². The van der Waals surface area contributed by atoms with Gasteiger partial charge >= 0.3 is 12.2 Å². The summed E-state index contributed by atoms with van der Waals surface area (Å²) in [6, 6.07) is 2.45. The molecule has 0 aromatic carbocycles. The highest BCUT2D eigenvalue weighted by molar-refractivity contribution is 5.74. The summed E-state index contributed by atoms with van der Waals surface area (Å²) in [6.07, 6.45) is -1.20. The molecule has 3 heterocycles. The van der Waals surface area contributed by atoms with Gasteiger partial charge in [0.15, 0.2) is 0 Å². The van der Waals surface area contributed by atoms with E-state index in [4.69, 9.17) is 4.74 Å². The molecule has 0 saturated carbocycles. The molecule has 0 spiro atoms. The van der Waals surface area contributed by atoms with Crippen LogP contribution in [-0.2, 0) is 10.9 Å². The van der Waals surface area contributed by atoms with Gasteiger partial charge in [0.05, 0.1) is 12.2 Å². The zero-order chi connectivity index (χ0) is 18.6. The monoisotopic (exact) mass is 372 g/mol. The van der Waals surface area contributed by atoms with Gasteiger partial charge in [0.2, 0.25) is 0 Å². The number of hydrogen-bond acceptors (Lipinski definition) is 4. The van der Waals surface area contributed by atoms with Crippen molar-refractivity contribution >= 4 is 11.8 Å². The molecule has 144 valence electrons. The fourth-order valence-corrected chi connectivity index (χ4v) is 3.21. The Hall–Kier alpha value is -2.03. The van der Waals surface area contributed by atoms with Crippen LogP contribution < -0.4 is 10.2 Å². The van der Waals surface area contributed by atoms with E-state index in [1.165, 1.54) is 6.07 Å². The SMILES string of the molecule is O=C(NC1CCN(c2ccc(C(F)(F)F)cn2)CC1)N1CCCOCC1. The number of ether oxygens (including phenoxy) is 1. The number of nitrogens with zero attached hydrogens (tertiary/aromatic N) is 3. The van der Waals surface area contributed by atoms with E-state index in [-0.39, 0.29) is 12.1 Å². The van der Waals surface area contributed by atoms with E-state index in [1.54, 1.807) is 4.90 Å². The number of aromatic nitrogens is 1. The quantitative estimate of drug-likeness (QED) is 0.867. The molecule has 0 unspecified atom stereocenters. The predicted molar refractivity (Wildman–Crippen MR) is 90.0 cm³/mol. The molecule has 0 atom stereocenters. The lowest BCUT2D eigenvalue weighted by Crippen LogP contribution is -2.50. The van der Waals surface area contributed by atoms with Crippen molar-refractivity contribution < 1.29 is 22.7 Å². The predicted octanol–water partition coefficient (Wildman–Crippen LogP) is 2.50. The molecule has 1 aromatic rings. The van der Waals surface area contributed by atoms with Crippen LogP contribution in [0, 0.1) is 0 Å². The van der Waals surface area contributed by atoms with Crippen molar-refractivity contribution in [1.29, 1.82) is 0 Å². The van der Waals surface area contributed by atoms with Crippen LogP contribution in [0.2, 0.25) is 0 Å². The highest BCUT2D eigenvalue weighted by Crippen LogP contribution is 2.29. The Morgan fingerprint density at radius 2 is 1.92 bits per heavy atom. The number of amides is 2. The minimum absolute atomic E-state index is 0.0670. The minimum Gasteiger partial charge on any atom is -0.380 e. The molecule has 0 bridgehead atoms. The summed E-state index contributed by atoms with van der Waals surface area (Å²) in [5.41, 5.74) is -0.746. The highest BCUT2D eigenvalue weighted by Gasteiger charge is 2.31. The zero-order valence-corrected chi connectivity index (χ0v) is 14.5. The van der Waals surface area contributed by atoms with Crippen LogP contribution in [0.25, 0.3) is 0 Å². The fraction of sp³-hybridized carbons (Fsp3) is 0.647. The first-order valence-electron chi connectivity index (χ1n) is 8.85. The van der Waals surface area contributed by atoms with Crippen molar-refractivity contribution in [2.75, 3.05) is 44.3 Å². The van der Waals surface area contributed by atoms with Crippen molar-refractivity contribution in [3.63, 3.8) is 0 Å². The average molecular weight is 372 g/mol. The summed E-state index contributed by atoms with van der Waals surface area (Å²) >= 11 is 0. The van der Waals surface area contributed by atoms with Crippen molar-refractivity contribution in [1.82, 2.24) is 15.2 Å². The topological polar surface area (TPSA) is 57.7 Å². The number of alkyl halides is 3. The Kier molecular flexibility index (Phi) is 5.85. The van der Waals surface area contributed by atoms with E-state index in [2.05, 4.69) is 10.3 Å². The second kappa shape index (κ2) is 8.11. The van der Waals surface area contributed by atoms with Crippen LogP contribution in [0.15, 0.2) is 18.3 Å². The number of rotatable bonds is 2. The van der Waals surface area contributed by atoms with Gasteiger partial charge in [0.25, 0.3) is 0 Å². The number of piperidine rings is 1. The average Bonchev–Trinajstić information content (AvgIpc) is 2.91. The molecule has 2 aliphatic heterocycles. The molecule has 2 amide bonds. The van der Waals surface area contributed by atoms with E-state index in [0.717, 1.165) is 31.5 Å². The number of nitrogens with one attached hydrogen (secondary N) is 1. The van der Waals surface area contributed by atoms with Gasteiger partial charge in [0.1, 0.15) is 5.82 Å². The molecule has 26 heavy (non-hydrogen) atoms. The van der Waals surface area contributed by atoms with Crippen molar-refractivity contribution in [3.05, 3.63) is 23.9 Å². The maximum atomic E-state index is 12.6. The van der Waals surface area contributed by atoms with E-state index >= 15 is 0 Å². The second-order valence-electron chi connectivity index (χ2n) is 6.57. The molecule has 9 heteroatoms. The maximum Gasteiger partial charge on any atom is 0.417 e. The number of halogens is 3. The number of hydrogen-bond donors (Lipinski definition) is 1. The first kappa shape index (κ1) is 18.8. The number of carbonyl (C=O) groups is 1. The van der Waals surface area contributed by atoms with Gasteiger partial charge in [0, 0.05) is 45.0 Å². The van der Waals surface area contributed by atoms with Crippen molar-refractivity contribution in [2.45, 2.75) is 31.5 Å². The molecular formula is C17H23F3N4O2. The number of carbonyl (C=O) groups excluding carboxylic acids is 1. The van der Waals surface area contributed by atoms with Gasteiger partial charge < -0.3 is 19.9 Å². The minimum atomic E-state index is -4.37. The van der Waals surface area contributed by atoms with Gasteiger partial charge in [-0.05, 0) is 31.4 Å². The van der Waals surface area contributed by atoms with Crippen molar-refractivity contribution in [2.24, 2.45) is 0 Å². The lowest BCUT2D eigenvalue weighted by atomic mass is 10.1. The third kappa shape index (κ3) is 4.78. The van der Waals surface area contributed by atoms with E-state index in [9.17, 15) is 18.0 Å². The van der Waals surface area contributed by atoms with Gasteiger partial charge in [-0.15, -0.1) is 0 Å². The van der Waals surface area contributed by atoms with Crippen molar-refractivity contribution in [3.8, 4) is 0 Å². The third-order valence-corrected chi connectivity index (χ3v) is 4.73. The summed E-state index contributed by atoms with van der Waals surface area (Å²) in [7, 11) is 0. The first-order chi connectivity index (χ1) is 12.4. The summed E-state index contributed by atoms with van der Waals surface area (Å²) in [4.78, 5) is 20.0. The summed E-state index contributed by atoms with van der Waals surface area (Å²) in [5.74, 6) is 0.535. The van der Waals surface area contributed by atoms with Gasteiger partial charge in [-0.2, -0.15) is 13.2 Å². The maximum absolute atomic E-state index is 12.6. The smallest absolute Gasteiger partial charge is 0.380 e. The van der Waals surface area contributed by atoms with Crippen LogP contribution in [0.3, 0.4) is 0 Å². The number of anilines is 1. The van der Waals surface area contributed by atoms with Gasteiger partial charge in [-0.1, -0.05) is 0 Å². The zero-order valence-electron chi connectivity index (χ0n) is 14.5. The lowest BCUT2D eigenvalue weighted by molar-refractivity contribution is -0.137. The van der Waals surface area contributed by atoms with Crippen LogP contribution >= 0.6 is 0 Å². The number of pyridine rings is 1. The summed E-state index contributed by atoms with van der Waals surface area (Å²) < 4.78 is 43.2. The standard InChI is InChI=1S/C17H23F3N4O2/c18-17(19,20)13-2-3-15(21-12-13)23-7-4-14(5-8-23)22-16(25)24-6-1-10-26-11-9-24/h2-3,12,14H,1,4-11H2,(H,22,25). The lowest BCUT2D eigenvalue weighted by Gasteiger charge is -2.34. The van der Waals surface area contributed by atoms with Crippen LogP contribution in [0.4, 0.5) is 23.8 Å².